The van der Waals surface area contributed by atoms with E-state index in [9.17, 15) is 13.4 Å². The van der Waals surface area contributed by atoms with Crippen LogP contribution in [0.5, 0.6) is 0 Å². The van der Waals surface area contributed by atoms with E-state index in [1.807, 2.05) is 6.92 Å². The normalized spacial score (nSPS) is 12.1. The Morgan fingerprint density at radius 2 is 1.95 bits per heavy atom. The minimum atomic E-state index is -1.46. The molecule has 0 radical (unpaired) electrons. The molecule has 4 nitrogen and oxygen atoms in total. The van der Waals surface area contributed by atoms with Gasteiger partial charge in [-0.05, 0) is 42.8 Å². The second kappa shape index (κ2) is 6.05. The second-order valence-electron chi connectivity index (χ2n) is 4.69. The predicted octanol–water partition coefficient (Wildman–Crippen LogP) is 2.12. The summed E-state index contributed by atoms with van der Waals surface area (Å²) < 4.78 is 26.2. The smallest absolute Gasteiger partial charge is 0.248 e. The molecule has 1 amide bonds. The topological polar surface area (TPSA) is 86.2 Å². The number of primary amides is 1. The van der Waals surface area contributed by atoms with Crippen LogP contribution >= 0.6 is 0 Å². The van der Waals surface area contributed by atoms with E-state index in [-0.39, 0.29) is 16.9 Å². The summed E-state index contributed by atoms with van der Waals surface area (Å²) in [6, 6.07) is 8.87. The number of hydrogen-bond acceptors (Lipinski definition) is 3. The van der Waals surface area contributed by atoms with Crippen molar-refractivity contribution in [3.05, 3.63) is 58.9 Å². The van der Waals surface area contributed by atoms with Crippen LogP contribution in [0.15, 0.2) is 41.3 Å². The zero-order valence-corrected chi connectivity index (χ0v) is 12.2. The number of nitrogens with two attached hydrogens (primary N) is 2. The number of benzene rings is 2. The molecule has 4 N–H and O–H groups in total. The van der Waals surface area contributed by atoms with Crippen molar-refractivity contribution in [1.82, 2.24) is 0 Å². The third-order valence-electron chi connectivity index (χ3n) is 3.07. The molecule has 1 unspecified atom stereocenters. The molecule has 0 bridgehead atoms. The molecule has 2 aromatic rings. The van der Waals surface area contributed by atoms with E-state index in [0.29, 0.717) is 10.6 Å². The zero-order valence-electron chi connectivity index (χ0n) is 11.4. The van der Waals surface area contributed by atoms with E-state index in [0.717, 1.165) is 11.6 Å². The highest BCUT2D eigenvalue weighted by Gasteiger charge is 2.13. The maximum absolute atomic E-state index is 13.8. The molecule has 21 heavy (non-hydrogen) atoms. The summed E-state index contributed by atoms with van der Waals surface area (Å²) in [7, 11) is -1.46. The monoisotopic (exact) mass is 306 g/mol. The van der Waals surface area contributed by atoms with Gasteiger partial charge in [0.05, 0.1) is 16.6 Å². The first-order valence-corrected chi connectivity index (χ1v) is 7.53. The number of hydrogen-bond donors (Lipinski definition) is 2. The minimum absolute atomic E-state index is 0.0444. The van der Waals surface area contributed by atoms with Crippen LogP contribution in [-0.4, -0.2) is 10.1 Å². The van der Waals surface area contributed by atoms with Gasteiger partial charge < -0.3 is 11.5 Å². The molecule has 0 heterocycles. The molecule has 0 fully saturated rings. The average molecular weight is 306 g/mol. The van der Waals surface area contributed by atoms with Crippen molar-refractivity contribution in [2.75, 3.05) is 5.73 Å². The third kappa shape index (κ3) is 3.46. The van der Waals surface area contributed by atoms with Crippen LogP contribution in [0.4, 0.5) is 10.1 Å². The van der Waals surface area contributed by atoms with Crippen LogP contribution in [0.25, 0.3) is 0 Å². The van der Waals surface area contributed by atoms with Gasteiger partial charge in [0.1, 0.15) is 5.82 Å². The first-order valence-electron chi connectivity index (χ1n) is 6.21. The van der Waals surface area contributed by atoms with Gasteiger partial charge in [-0.25, -0.2) is 4.39 Å². The fourth-order valence-electron chi connectivity index (χ4n) is 1.92. The minimum Gasteiger partial charge on any atom is -0.399 e. The number of halogens is 1. The molecule has 2 rings (SSSR count). The molecule has 0 aliphatic carbocycles. The predicted molar refractivity (Wildman–Crippen MR) is 80.6 cm³/mol. The van der Waals surface area contributed by atoms with Crippen molar-refractivity contribution in [3.63, 3.8) is 0 Å². The van der Waals surface area contributed by atoms with E-state index in [4.69, 9.17) is 11.5 Å². The van der Waals surface area contributed by atoms with E-state index in [1.54, 1.807) is 18.2 Å². The van der Waals surface area contributed by atoms with Gasteiger partial charge in [-0.15, -0.1) is 0 Å². The van der Waals surface area contributed by atoms with Crippen LogP contribution in [-0.2, 0) is 16.6 Å². The molecule has 0 saturated heterocycles. The lowest BCUT2D eigenvalue weighted by molar-refractivity contribution is 0.1000. The van der Waals surface area contributed by atoms with Crippen molar-refractivity contribution in [2.24, 2.45) is 5.73 Å². The van der Waals surface area contributed by atoms with Gasteiger partial charge >= 0.3 is 0 Å². The summed E-state index contributed by atoms with van der Waals surface area (Å²) in [5.74, 6) is -1.21. The Morgan fingerprint density at radius 1 is 1.24 bits per heavy atom. The Bertz CT molecular complexity index is 732. The molecule has 0 aliphatic rings. The number of amides is 1. The first-order chi connectivity index (χ1) is 9.88. The molecule has 0 aliphatic heterocycles. The van der Waals surface area contributed by atoms with Crippen LogP contribution in [0.1, 0.15) is 21.5 Å². The van der Waals surface area contributed by atoms with E-state index >= 15 is 0 Å². The number of carbonyl (C=O) groups excluding carboxylic acids is 1. The number of carbonyl (C=O) groups is 1. The van der Waals surface area contributed by atoms with Gasteiger partial charge in [0.2, 0.25) is 5.91 Å². The lowest BCUT2D eigenvalue weighted by Gasteiger charge is -2.09. The van der Waals surface area contributed by atoms with Crippen molar-refractivity contribution in [2.45, 2.75) is 17.6 Å². The second-order valence-corrected chi connectivity index (χ2v) is 6.10. The van der Waals surface area contributed by atoms with Crippen LogP contribution in [0.3, 0.4) is 0 Å². The molecular weight excluding hydrogens is 291 g/mol. The zero-order chi connectivity index (χ0) is 15.6. The Labute approximate surface area is 124 Å². The van der Waals surface area contributed by atoms with Crippen molar-refractivity contribution >= 4 is 22.4 Å². The maximum atomic E-state index is 13.8. The Kier molecular flexibility index (Phi) is 4.37. The SMILES string of the molecule is Cc1ccc(N)cc1S(=O)Cc1cc(C(N)=O)ccc1F. The lowest BCUT2D eigenvalue weighted by atomic mass is 10.1. The summed E-state index contributed by atoms with van der Waals surface area (Å²) in [5, 5.41) is 0. The Hall–Kier alpha value is -2.21. The summed E-state index contributed by atoms with van der Waals surface area (Å²) in [6.07, 6.45) is 0. The molecule has 6 heteroatoms. The van der Waals surface area contributed by atoms with Gasteiger partial charge in [-0.1, -0.05) is 6.07 Å². The molecule has 0 spiro atoms. The van der Waals surface area contributed by atoms with Crippen molar-refractivity contribution < 1.29 is 13.4 Å². The van der Waals surface area contributed by atoms with Crippen molar-refractivity contribution in [3.8, 4) is 0 Å². The highest BCUT2D eigenvalue weighted by Crippen LogP contribution is 2.21. The van der Waals surface area contributed by atoms with E-state index < -0.39 is 22.5 Å². The van der Waals surface area contributed by atoms with Gasteiger partial charge in [0.15, 0.2) is 0 Å². The number of aryl methyl sites for hydroxylation is 1. The lowest BCUT2D eigenvalue weighted by Crippen LogP contribution is -2.12. The molecule has 1 atom stereocenters. The number of anilines is 1. The van der Waals surface area contributed by atoms with Crippen molar-refractivity contribution in [1.29, 1.82) is 0 Å². The third-order valence-corrected chi connectivity index (χ3v) is 4.58. The highest BCUT2D eigenvalue weighted by molar-refractivity contribution is 7.84. The van der Waals surface area contributed by atoms with Gasteiger partial charge in [0.25, 0.3) is 0 Å². The largest absolute Gasteiger partial charge is 0.399 e. The van der Waals surface area contributed by atoms with Crippen LogP contribution in [0.2, 0.25) is 0 Å². The molecule has 2 aromatic carbocycles. The average Bonchev–Trinajstić information content (AvgIpc) is 2.43. The molecular formula is C15H15FN2O2S. The van der Waals surface area contributed by atoms with Gasteiger partial charge in [0, 0.05) is 21.7 Å². The Morgan fingerprint density at radius 3 is 2.62 bits per heavy atom. The Balaban J connectivity index is 2.33. The van der Waals surface area contributed by atoms with Gasteiger partial charge in [-0.3, -0.25) is 9.00 Å². The first kappa shape index (κ1) is 15.2. The summed E-state index contributed by atoms with van der Waals surface area (Å²) >= 11 is 0. The molecule has 0 aromatic heterocycles. The summed E-state index contributed by atoms with van der Waals surface area (Å²) in [4.78, 5) is 11.7. The fraction of sp³-hybridized carbons (Fsp3) is 0.133. The molecule has 0 saturated carbocycles. The fourth-order valence-corrected chi connectivity index (χ4v) is 3.27. The summed E-state index contributed by atoms with van der Waals surface area (Å²) in [5.41, 5.74) is 12.5. The standard InChI is InChI=1S/C15H15FN2O2S/c1-9-2-4-12(17)7-14(9)21(20)8-11-6-10(15(18)19)3-5-13(11)16/h2-7H,8,17H2,1H3,(H2,18,19). The molecule has 110 valence electrons. The van der Waals surface area contributed by atoms with Crippen LogP contribution < -0.4 is 11.5 Å². The highest BCUT2D eigenvalue weighted by atomic mass is 32.2. The number of nitrogen functional groups attached to an aromatic ring is 1. The quantitative estimate of drug-likeness (QED) is 0.848. The van der Waals surface area contributed by atoms with E-state index in [2.05, 4.69) is 0 Å². The maximum Gasteiger partial charge on any atom is 0.248 e. The van der Waals surface area contributed by atoms with E-state index in [1.165, 1.54) is 12.1 Å². The van der Waals surface area contributed by atoms with Crippen LogP contribution in [0, 0.1) is 12.7 Å². The summed E-state index contributed by atoms with van der Waals surface area (Å²) in [6.45, 7) is 1.81. The van der Waals surface area contributed by atoms with Gasteiger partial charge in [-0.2, -0.15) is 0 Å². The number of rotatable bonds is 4.